The summed E-state index contributed by atoms with van der Waals surface area (Å²) in [6, 6.07) is 1.51. The molecular weight excluding hydrogens is 140 g/mol. The van der Waals surface area contributed by atoms with Crippen molar-refractivity contribution in [1.82, 2.24) is 0 Å². The minimum atomic E-state index is 0.158. The van der Waals surface area contributed by atoms with Gasteiger partial charge in [-0.1, -0.05) is 0 Å². The molecule has 0 unspecified atom stereocenters. The van der Waals surface area contributed by atoms with Gasteiger partial charge >= 0.3 is 0 Å². The predicted octanol–water partition coefficient (Wildman–Crippen LogP) is 1.17. The van der Waals surface area contributed by atoms with Crippen molar-refractivity contribution >= 4 is 11.4 Å². The molecule has 3 heteroatoms. The number of nitrogen functional groups attached to an aromatic ring is 2. The third kappa shape index (κ3) is 1.09. The molecule has 0 spiro atoms. The maximum Gasteiger partial charge on any atom is 0.122 e. The molecule has 0 aliphatic carbocycles. The van der Waals surface area contributed by atoms with Crippen LogP contribution in [0.5, 0.6) is 5.75 Å². The molecule has 5 N–H and O–H groups in total. The maximum absolute atomic E-state index is 9.25. The van der Waals surface area contributed by atoms with Gasteiger partial charge in [-0.25, -0.2) is 0 Å². The lowest BCUT2D eigenvalue weighted by atomic mass is 10.1. The Kier molecular flexibility index (Phi) is 1.64. The molecule has 1 aromatic rings. The summed E-state index contributed by atoms with van der Waals surface area (Å²) in [5.74, 6) is 0.158. The normalized spacial score (nSPS) is 10.0. The van der Waals surface area contributed by atoms with Crippen molar-refractivity contribution in [1.29, 1.82) is 0 Å². The Labute approximate surface area is 65.6 Å². The van der Waals surface area contributed by atoms with Crippen LogP contribution in [0.1, 0.15) is 11.1 Å². The Morgan fingerprint density at radius 2 is 1.73 bits per heavy atom. The fraction of sp³-hybridized carbons (Fsp3) is 0.250. The lowest BCUT2D eigenvalue weighted by Crippen LogP contribution is -1.98. The zero-order chi connectivity index (χ0) is 8.59. The summed E-state index contributed by atoms with van der Waals surface area (Å²) >= 11 is 0. The highest BCUT2D eigenvalue weighted by Gasteiger charge is 2.05. The molecule has 0 heterocycles. The Hall–Kier alpha value is -1.38. The monoisotopic (exact) mass is 152 g/mol. The molecular formula is C8H12N2O. The Bertz CT molecular complexity index is 268. The van der Waals surface area contributed by atoms with E-state index in [0.29, 0.717) is 16.9 Å². The molecule has 1 aromatic carbocycles. The van der Waals surface area contributed by atoms with Crippen molar-refractivity contribution in [2.45, 2.75) is 13.8 Å². The van der Waals surface area contributed by atoms with E-state index in [9.17, 15) is 5.11 Å². The summed E-state index contributed by atoms with van der Waals surface area (Å²) in [7, 11) is 0. The van der Waals surface area contributed by atoms with Crippen LogP contribution in [-0.4, -0.2) is 5.11 Å². The number of hydrogen-bond donors (Lipinski definition) is 3. The van der Waals surface area contributed by atoms with Gasteiger partial charge in [-0.15, -0.1) is 0 Å². The van der Waals surface area contributed by atoms with E-state index in [1.54, 1.807) is 6.92 Å². The van der Waals surface area contributed by atoms with E-state index in [4.69, 9.17) is 11.5 Å². The number of hydrogen-bond acceptors (Lipinski definition) is 3. The van der Waals surface area contributed by atoms with Gasteiger partial charge in [0.25, 0.3) is 0 Å². The lowest BCUT2D eigenvalue weighted by molar-refractivity contribution is 0.472. The van der Waals surface area contributed by atoms with E-state index in [1.807, 2.05) is 6.92 Å². The molecule has 0 bridgehead atoms. The molecule has 0 saturated heterocycles. The maximum atomic E-state index is 9.25. The summed E-state index contributed by atoms with van der Waals surface area (Å²) < 4.78 is 0. The van der Waals surface area contributed by atoms with Gasteiger partial charge in [0, 0.05) is 23.0 Å². The van der Waals surface area contributed by atoms with Crippen LogP contribution in [-0.2, 0) is 0 Å². The van der Waals surface area contributed by atoms with Crippen LogP contribution in [0.2, 0.25) is 0 Å². The summed E-state index contributed by atoms with van der Waals surface area (Å²) in [6.45, 7) is 3.59. The van der Waals surface area contributed by atoms with Crippen molar-refractivity contribution in [3.05, 3.63) is 17.2 Å². The number of phenols is 1. The number of rotatable bonds is 0. The number of phenolic OH excluding ortho intramolecular Hbond substituents is 1. The first kappa shape index (κ1) is 7.72. The van der Waals surface area contributed by atoms with Crippen LogP contribution in [0, 0.1) is 13.8 Å². The summed E-state index contributed by atoms with van der Waals surface area (Å²) in [6.07, 6.45) is 0. The molecule has 0 radical (unpaired) electrons. The first-order valence-electron chi connectivity index (χ1n) is 3.38. The first-order valence-corrected chi connectivity index (χ1v) is 3.38. The molecule has 0 aliphatic rings. The van der Waals surface area contributed by atoms with Gasteiger partial charge in [-0.05, 0) is 19.4 Å². The third-order valence-electron chi connectivity index (χ3n) is 1.92. The SMILES string of the molecule is Cc1c(N)cc(O)c(C)c1N. The van der Waals surface area contributed by atoms with E-state index < -0.39 is 0 Å². The predicted molar refractivity (Wildman–Crippen MR) is 46.4 cm³/mol. The van der Waals surface area contributed by atoms with Gasteiger partial charge in [0.1, 0.15) is 5.75 Å². The van der Waals surface area contributed by atoms with Crippen LogP contribution in [0.15, 0.2) is 6.07 Å². The second-order valence-electron chi connectivity index (χ2n) is 2.65. The summed E-state index contributed by atoms with van der Waals surface area (Å²) in [4.78, 5) is 0. The van der Waals surface area contributed by atoms with Crippen molar-refractivity contribution in [2.75, 3.05) is 11.5 Å². The molecule has 0 amide bonds. The van der Waals surface area contributed by atoms with Crippen LogP contribution >= 0.6 is 0 Å². The second kappa shape index (κ2) is 2.34. The Morgan fingerprint density at radius 3 is 2.27 bits per heavy atom. The highest BCUT2D eigenvalue weighted by atomic mass is 16.3. The largest absolute Gasteiger partial charge is 0.508 e. The standard InChI is InChI=1S/C8H12N2O/c1-4-6(9)3-7(11)5(2)8(4)10/h3,11H,9-10H2,1-2H3. The zero-order valence-corrected chi connectivity index (χ0v) is 6.68. The van der Waals surface area contributed by atoms with E-state index in [-0.39, 0.29) is 5.75 Å². The summed E-state index contributed by atoms with van der Waals surface area (Å²) in [5, 5.41) is 9.25. The third-order valence-corrected chi connectivity index (χ3v) is 1.92. The summed E-state index contributed by atoms with van der Waals surface area (Å²) in [5.41, 5.74) is 13.8. The molecule has 0 saturated carbocycles. The smallest absolute Gasteiger partial charge is 0.122 e. The van der Waals surface area contributed by atoms with Crippen LogP contribution in [0.3, 0.4) is 0 Å². The fourth-order valence-corrected chi connectivity index (χ4v) is 0.939. The van der Waals surface area contributed by atoms with Gasteiger partial charge in [0.05, 0.1) is 0 Å². The van der Waals surface area contributed by atoms with Crippen molar-refractivity contribution < 1.29 is 5.11 Å². The molecule has 11 heavy (non-hydrogen) atoms. The number of benzene rings is 1. The molecule has 0 aliphatic heterocycles. The lowest BCUT2D eigenvalue weighted by Gasteiger charge is -2.08. The van der Waals surface area contributed by atoms with Crippen molar-refractivity contribution in [2.24, 2.45) is 0 Å². The van der Waals surface area contributed by atoms with E-state index in [0.717, 1.165) is 5.56 Å². The van der Waals surface area contributed by atoms with E-state index in [2.05, 4.69) is 0 Å². The van der Waals surface area contributed by atoms with E-state index >= 15 is 0 Å². The average Bonchev–Trinajstić information content (AvgIpc) is 1.97. The quantitative estimate of drug-likeness (QED) is 0.489. The van der Waals surface area contributed by atoms with Gasteiger partial charge in [-0.3, -0.25) is 0 Å². The topological polar surface area (TPSA) is 72.3 Å². The first-order chi connectivity index (χ1) is 5.04. The van der Waals surface area contributed by atoms with Gasteiger partial charge < -0.3 is 16.6 Å². The van der Waals surface area contributed by atoms with Crippen LogP contribution in [0.4, 0.5) is 11.4 Å². The zero-order valence-electron chi connectivity index (χ0n) is 6.68. The van der Waals surface area contributed by atoms with Crippen LogP contribution in [0.25, 0.3) is 0 Å². The van der Waals surface area contributed by atoms with Gasteiger partial charge in [0.15, 0.2) is 0 Å². The van der Waals surface area contributed by atoms with Gasteiger partial charge in [-0.2, -0.15) is 0 Å². The second-order valence-corrected chi connectivity index (χ2v) is 2.65. The molecule has 1 rings (SSSR count). The highest BCUT2D eigenvalue weighted by Crippen LogP contribution is 2.29. The average molecular weight is 152 g/mol. The number of nitrogens with two attached hydrogens (primary N) is 2. The number of aromatic hydroxyl groups is 1. The van der Waals surface area contributed by atoms with Crippen molar-refractivity contribution in [3.8, 4) is 5.75 Å². The molecule has 60 valence electrons. The molecule has 3 nitrogen and oxygen atoms in total. The molecule has 0 fully saturated rings. The van der Waals surface area contributed by atoms with E-state index in [1.165, 1.54) is 6.07 Å². The number of anilines is 2. The Morgan fingerprint density at radius 1 is 1.18 bits per heavy atom. The van der Waals surface area contributed by atoms with Gasteiger partial charge in [0.2, 0.25) is 0 Å². The van der Waals surface area contributed by atoms with Crippen LogP contribution < -0.4 is 11.5 Å². The van der Waals surface area contributed by atoms with Crippen molar-refractivity contribution in [3.63, 3.8) is 0 Å². The minimum Gasteiger partial charge on any atom is -0.508 e. The Balaban J connectivity index is 3.46. The fourth-order valence-electron chi connectivity index (χ4n) is 0.939. The minimum absolute atomic E-state index is 0.158. The molecule has 0 atom stereocenters. The molecule has 0 aromatic heterocycles. The highest BCUT2D eigenvalue weighted by molar-refractivity contribution is 5.68.